The maximum atomic E-state index is 4.05. The molecule has 1 N–H and O–H groups in total. The predicted octanol–water partition coefficient (Wildman–Crippen LogP) is 3.86. The SMILES string of the molecule is CCCC(CC)c1ccc2[nH]ncc2c1. The Bertz CT molecular complexity index is 431. The molecule has 2 heteroatoms. The number of aromatic nitrogens is 2. The van der Waals surface area contributed by atoms with Gasteiger partial charge in [0.15, 0.2) is 0 Å². The van der Waals surface area contributed by atoms with Gasteiger partial charge in [-0.3, -0.25) is 5.10 Å². The average Bonchev–Trinajstić information content (AvgIpc) is 2.72. The molecule has 0 radical (unpaired) electrons. The zero-order valence-electron chi connectivity index (χ0n) is 9.46. The van der Waals surface area contributed by atoms with E-state index in [0.29, 0.717) is 5.92 Å². The molecule has 0 bridgehead atoms. The number of nitrogens with one attached hydrogen (secondary N) is 1. The number of hydrogen-bond acceptors (Lipinski definition) is 1. The van der Waals surface area contributed by atoms with Crippen molar-refractivity contribution in [2.45, 2.75) is 39.0 Å². The summed E-state index contributed by atoms with van der Waals surface area (Å²) >= 11 is 0. The zero-order chi connectivity index (χ0) is 10.7. The number of hydrogen-bond donors (Lipinski definition) is 1. The van der Waals surface area contributed by atoms with E-state index in [1.807, 2.05) is 6.20 Å². The molecular formula is C13H18N2. The molecule has 0 fully saturated rings. The molecule has 1 aromatic carbocycles. The molecule has 2 nitrogen and oxygen atoms in total. The second kappa shape index (κ2) is 4.47. The first-order valence-corrected chi connectivity index (χ1v) is 5.78. The van der Waals surface area contributed by atoms with Crippen LogP contribution in [0.2, 0.25) is 0 Å². The van der Waals surface area contributed by atoms with Gasteiger partial charge in [-0.05, 0) is 36.5 Å². The second-order valence-corrected chi connectivity index (χ2v) is 4.11. The van der Waals surface area contributed by atoms with Gasteiger partial charge in [-0.2, -0.15) is 5.10 Å². The summed E-state index contributed by atoms with van der Waals surface area (Å²) in [5, 5.41) is 8.26. The van der Waals surface area contributed by atoms with Crippen molar-refractivity contribution in [3.63, 3.8) is 0 Å². The standard InChI is InChI=1S/C13H18N2/c1-3-5-10(4-2)11-6-7-13-12(8-11)9-14-15-13/h6-10H,3-5H2,1-2H3,(H,14,15). The van der Waals surface area contributed by atoms with Crippen molar-refractivity contribution >= 4 is 10.9 Å². The molecular weight excluding hydrogens is 184 g/mol. The van der Waals surface area contributed by atoms with Crippen LogP contribution in [0.15, 0.2) is 24.4 Å². The highest BCUT2D eigenvalue weighted by atomic mass is 15.1. The fourth-order valence-electron chi connectivity index (χ4n) is 2.17. The Kier molecular flexibility index (Phi) is 3.05. The second-order valence-electron chi connectivity index (χ2n) is 4.11. The van der Waals surface area contributed by atoms with Gasteiger partial charge < -0.3 is 0 Å². The van der Waals surface area contributed by atoms with Crippen molar-refractivity contribution in [3.8, 4) is 0 Å². The molecule has 0 aliphatic rings. The first kappa shape index (κ1) is 10.2. The molecule has 0 aliphatic carbocycles. The molecule has 0 aliphatic heterocycles. The van der Waals surface area contributed by atoms with Crippen LogP contribution >= 0.6 is 0 Å². The van der Waals surface area contributed by atoms with Crippen LogP contribution in [0.4, 0.5) is 0 Å². The summed E-state index contributed by atoms with van der Waals surface area (Å²) < 4.78 is 0. The molecule has 1 atom stereocenters. The van der Waals surface area contributed by atoms with Crippen molar-refractivity contribution in [3.05, 3.63) is 30.0 Å². The first-order chi connectivity index (χ1) is 7.35. The lowest BCUT2D eigenvalue weighted by molar-refractivity contribution is 0.596. The highest BCUT2D eigenvalue weighted by Crippen LogP contribution is 2.26. The van der Waals surface area contributed by atoms with E-state index in [0.717, 1.165) is 5.52 Å². The molecule has 80 valence electrons. The van der Waals surface area contributed by atoms with Crippen LogP contribution in [0, 0.1) is 0 Å². The summed E-state index contributed by atoms with van der Waals surface area (Å²) in [5.74, 6) is 0.703. The van der Waals surface area contributed by atoms with E-state index >= 15 is 0 Å². The van der Waals surface area contributed by atoms with Gasteiger partial charge in [0.2, 0.25) is 0 Å². The third-order valence-corrected chi connectivity index (χ3v) is 3.07. The number of fused-ring (bicyclic) bond motifs is 1. The van der Waals surface area contributed by atoms with E-state index in [2.05, 4.69) is 42.2 Å². The zero-order valence-corrected chi connectivity index (χ0v) is 9.46. The Morgan fingerprint density at radius 2 is 2.20 bits per heavy atom. The van der Waals surface area contributed by atoms with Crippen molar-refractivity contribution in [1.82, 2.24) is 10.2 Å². The van der Waals surface area contributed by atoms with E-state index in [1.54, 1.807) is 0 Å². The van der Waals surface area contributed by atoms with Gasteiger partial charge in [0.25, 0.3) is 0 Å². The molecule has 1 unspecified atom stereocenters. The summed E-state index contributed by atoms with van der Waals surface area (Å²) in [6, 6.07) is 6.63. The minimum atomic E-state index is 0.703. The van der Waals surface area contributed by atoms with Crippen LogP contribution in [0.3, 0.4) is 0 Å². The molecule has 1 aromatic heterocycles. The Labute approximate surface area is 90.7 Å². The fraction of sp³-hybridized carbons (Fsp3) is 0.462. The number of benzene rings is 1. The quantitative estimate of drug-likeness (QED) is 0.801. The third-order valence-electron chi connectivity index (χ3n) is 3.07. The van der Waals surface area contributed by atoms with E-state index < -0.39 is 0 Å². The normalized spacial score (nSPS) is 13.2. The topological polar surface area (TPSA) is 28.7 Å². The van der Waals surface area contributed by atoms with E-state index in [4.69, 9.17) is 0 Å². The van der Waals surface area contributed by atoms with E-state index in [9.17, 15) is 0 Å². The van der Waals surface area contributed by atoms with Crippen molar-refractivity contribution in [2.75, 3.05) is 0 Å². The molecule has 0 spiro atoms. The van der Waals surface area contributed by atoms with Crippen molar-refractivity contribution in [1.29, 1.82) is 0 Å². The van der Waals surface area contributed by atoms with Crippen LogP contribution < -0.4 is 0 Å². The monoisotopic (exact) mass is 202 g/mol. The van der Waals surface area contributed by atoms with Gasteiger partial charge in [0.05, 0.1) is 11.7 Å². The summed E-state index contributed by atoms with van der Waals surface area (Å²) in [6.07, 6.45) is 5.65. The molecule has 15 heavy (non-hydrogen) atoms. The Hall–Kier alpha value is -1.31. The van der Waals surface area contributed by atoms with E-state index in [1.165, 1.54) is 30.2 Å². The Balaban J connectivity index is 2.33. The lowest BCUT2D eigenvalue weighted by atomic mass is 9.91. The van der Waals surface area contributed by atoms with Gasteiger partial charge in [-0.25, -0.2) is 0 Å². The molecule has 0 saturated carbocycles. The lowest BCUT2D eigenvalue weighted by Gasteiger charge is -2.13. The van der Waals surface area contributed by atoms with Crippen molar-refractivity contribution in [2.24, 2.45) is 0 Å². The molecule has 1 heterocycles. The first-order valence-electron chi connectivity index (χ1n) is 5.78. The molecule has 2 rings (SSSR count). The molecule has 0 amide bonds. The number of nitrogens with zero attached hydrogens (tertiary/aromatic N) is 1. The highest BCUT2D eigenvalue weighted by molar-refractivity contribution is 5.78. The van der Waals surface area contributed by atoms with Crippen LogP contribution in [-0.2, 0) is 0 Å². The maximum Gasteiger partial charge on any atom is 0.0650 e. The Morgan fingerprint density at radius 1 is 1.33 bits per heavy atom. The minimum absolute atomic E-state index is 0.703. The van der Waals surface area contributed by atoms with Crippen LogP contribution in [-0.4, -0.2) is 10.2 Å². The highest BCUT2D eigenvalue weighted by Gasteiger charge is 2.08. The number of rotatable bonds is 4. The van der Waals surface area contributed by atoms with Gasteiger partial charge in [-0.1, -0.05) is 26.3 Å². The predicted molar refractivity (Wildman–Crippen MR) is 64.0 cm³/mol. The summed E-state index contributed by atoms with van der Waals surface area (Å²) in [4.78, 5) is 0. The lowest BCUT2D eigenvalue weighted by Crippen LogP contribution is -1.96. The fourth-order valence-corrected chi connectivity index (χ4v) is 2.17. The Morgan fingerprint density at radius 3 is 2.93 bits per heavy atom. The van der Waals surface area contributed by atoms with Crippen LogP contribution in [0.1, 0.15) is 44.6 Å². The number of aromatic amines is 1. The molecule has 2 aromatic rings. The summed E-state index contributed by atoms with van der Waals surface area (Å²) in [7, 11) is 0. The van der Waals surface area contributed by atoms with Crippen LogP contribution in [0.25, 0.3) is 10.9 Å². The summed E-state index contributed by atoms with van der Waals surface area (Å²) in [5.41, 5.74) is 2.58. The van der Waals surface area contributed by atoms with Crippen LogP contribution in [0.5, 0.6) is 0 Å². The third kappa shape index (κ3) is 2.04. The van der Waals surface area contributed by atoms with Crippen molar-refractivity contribution < 1.29 is 0 Å². The maximum absolute atomic E-state index is 4.05. The van der Waals surface area contributed by atoms with Gasteiger partial charge in [0.1, 0.15) is 0 Å². The number of H-pyrrole nitrogens is 1. The van der Waals surface area contributed by atoms with Gasteiger partial charge in [0, 0.05) is 5.39 Å². The smallest absolute Gasteiger partial charge is 0.0650 e. The largest absolute Gasteiger partial charge is 0.278 e. The minimum Gasteiger partial charge on any atom is -0.278 e. The van der Waals surface area contributed by atoms with Gasteiger partial charge >= 0.3 is 0 Å². The van der Waals surface area contributed by atoms with Gasteiger partial charge in [-0.15, -0.1) is 0 Å². The molecule has 0 saturated heterocycles. The van der Waals surface area contributed by atoms with E-state index in [-0.39, 0.29) is 0 Å². The average molecular weight is 202 g/mol. The summed E-state index contributed by atoms with van der Waals surface area (Å²) in [6.45, 7) is 4.51.